The summed E-state index contributed by atoms with van der Waals surface area (Å²) in [7, 11) is 0. The van der Waals surface area contributed by atoms with Crippen molar-refractivity contribution >= 4 is 5.91 Å². The maximum Gasteiger partial charge on any atom is 0.259 e. The SMILES string of the molecule is Cc1onc(-c2ccccc2)c1C(=O)N1C[C@@H](c2ccccc2)O[C@@H](C(C)C)C1. The quantitative estimate of drug-likeness (QED) is 0.637. The maximum absolute atomic E-state index is 13.6. The highest BCUT2D eigenvalue weighted by Gasteiger charge is 2.35. The van der Waals surface area contributed by atoms with Gasteiger partial charge in [0, 0.05) is 12.1 Å². The molecular formula is C24H26N2O3. The first kappa shape index (κ1) is 19.4. The van der Waals surface area contributed by atoms with Crippen LogP contribution in [0.3, 0.4) is 0 Å². The Kier molecular flexibility index (Phi) is 5.49. The van der Waals surface area contributed by atoms with Crippen molar-refractivity contribution in [2.75, 3.05) is 13.1 Å². The third kappa shape index (κ3) is 3.96. The highest BCUT2D eigenvalue weighted by Crippen LogP contribution is 2.32. The molecule has 0 radical (unpaired) electrons. The predicted molar refractivity (Wildman–Crippen MR) is 111 cm³/mol. The average Bonchev–Trinajstić information content (AvgIpc) is 3.15. The molecule has 2 heterocycles. The van der Waals surface area contributed by atoms with E-state index in [1.54, 1.807) is 6.92 Å². The molecule has 0 spiro atoms. The van der Waals surface area contributed by atoms with Crippen molar-refractivity contribution in [2.45, 2.75) is 33.0 Å². The van der Waals surface area contributed by atoms with E-state index >= 15 is 0 Å². The Morgan fingerprint density at radius 3 is 2.34 bits per heavy atom. The van der Waals surface area contributed by atoms with E-state index in [1.165, 1.54) is 0 Å². The fourth-order valence-corrected chi connectivity index (χ4v) is 3.75. The number of amides is 1. The average molecular weight is 390 g/mol. The van der Waals surface area contributed by atoms with Crippen molar-refractivity contribution in [1.29, 1.82) is 0 Å². The van der Waals surface area contributed by atoms with Gasteiger partial charge in [0.15, 0.2) is 0 Å². The van der Waals surface area contributed by atoms with Gasteiger partial charge in [-0.15, -0.1) is 0 Å². The van der Waals surface area contributed by atoms with Crippen molar-refractivity contribution in [3.63, 3.8) is 0 Å². The van der Waals surface area contributed by atoms with Crippen LogP contribution in [0.5, 0.6) is 0 Å². The molecule has 5 heteroatoms. The molecule has 2 atom stereocenters. The molecule has 5 nitrogen and oxygen atoms in total. The Labute approximate surface area is 171 Å². The molecule has 1 amide bonds. The molecular weight excluding hydrogens is 364 g/mol. The fraction of sp³-hybridized carbons (Fsp3) is 0.333. The summed E-state index contributed by atoms with van der Waals surface area (Å²) in [6.07, 6.45) is -0.181. The number of carbonyl (C=O) groups excluding carboxylic acids is 1. The summed E-state index contributed by atoms with van der Waals surface area (Å²) in [6, 6.07) is 19.8. The zero-order chi connectivity index (χ0) is 20.4. The molecule has 0 bridgehead atoms. The molecule has 1 aliphatic heterocycles. The first-order valence-corrected chi connectivity index (χ1v) is 10.1. The Balaban J connectivity index is 1.67. The van der Waals surface area contributed by atoms with E-state index < -0.39 is 0 Å². The van der Waals surface area contributed by atoms with Gasteiger partial charge in [0.25, 0.3) is 5.91 Å². The maximum atomic E-state index is 13.6. The van der Waals surface area contributed by atoms with Crippen LogP contribution >= 0.6 is 0 Å². The van der Waals surface area contributed by atoms with E-state index in [4.69, 9.17) is 9.26 Å². The van der Waals surface area contributed by atoms with Crippen molar-refractivity contribution in [3.05, 3.63) is 77.6 Å². The van der Waals surface area contributed by atoms with Gasteiger partial charge in [0.2, 0.25) is 0 Å². The number of aromatic nitrogens is 1. The predicted octanol–water partition coefficient (Wildman–Crippen LogP) is 4.89. The van der Waals surface area contributed by atoms with Crippen LogP contribution in [0.25, 0.3) is 11.3 Å². The highest BCUT2D eigenvalue weighted by atomic mass is 16.5. The van der Waals surface area contributed by atoms with Crippen LogP contribution in [-0.4, -0.2) is 35.2 Å². The van der Waals surface area contributed by atoms with Crippen LogP contribution in [-0.2, 0) is 4.74 Å². The number of morpholine rings is 1. The molecule has 1 saturated heterocycles. The first-order valence-electron chi connectivity index (χ1n) is 10.1. The van der Waals surface area contributed by atoms with Gasteiger partial charge < -0.3 is 14.2 Å². The van der Waals surface area contributed by atoms with Gasteiger partial charge in [-0.3, -0.25) is 4.79 Å². The molecule has 4 rings (SSSR count). The Morgan fingerprint density at radius 1 is 1.03 bits per heavy atom. The first-order chi connectivity index (χ1) is 14.0. The fourth-order valence-electron chi connectivity index (χ4n) is 3.75. The smallest absolute Gasteiger partial charge is 0.259 e. The number of rotatable bonds is 4. The van der Waals surface area contributed by atoms with E-state index in [-0.39, 0.29) is 18.1 Å². The van der Waals surface area contributed by atoms with E-state index in [0.29, 0.717) is 36.0 Å². The van der Waals surface area contributed by atoms with Gasteiger partial charge in [0.05, 0.1) is 12.6 Å². The van der Waals surface area contributed by atoms with Gasteiger partial charge >= 0.3 is 0 Å². The lowest BCUT2D eigenvalue weighted by Gasteiger charge is -2.40. The molecule has 29 heavy (non-hydrogen) atoms. The zero-order valence-corrected chi connectivity index (χ0v) is 17.0. The van der Waals surface area contributed by atoms with E-state index in [1.807, 2.05) is 53.4 Å². The molecule has 150 valence electrons. The standard InChI is InChI=1S/C24H26N2O3/c1-16(2)20-14-26(15-21(28-20)18-10-6-4-7-11-18)24(27)22-17(3)29-25-23(22)19-12-8-5-9-13-19/h4-13,16,20-21H,14-15H2,1-3H3/t20-,21+/m1/s1. The van der Waals surface area contributed by atoms with Gasteiger partial charge in [-0.25, -0.2) is 0 Å². The third-order valence-corrected chi connectivity index (χ3v) is 5.45. The molecule has 2 aromatic carbocycles. The van der Waals surface area contributed by atoms with Crippen LogP contribution in [0.1, 0.15) is 41.6 Å². The molecule has 1 fully saturated rings. The molecule has 0 aliphatic carbocycles. The van der Waals surface area contributed by atoms with Gasteiger partial charge in [-0.05, 0) is 18.4 Å². The minimum atomic E-state index is -0.151. The largest absolute Gasteiger partial charge is 0.366 e. The number of carbonyl (C=O) groups is 1. The number of benzene rings is 2. The highest BCUT2D eigenvalue weighted by molar-refractivity contribution is 6.00. The monoisotopic (exact) mass is 390 g/mol. The second-order valence-electron chi connectivity index (χ2n) is 7.86. The topological polar surface area (TPSA) is 55.6 Å². The second-order valence-corrected chi connectivity index (χ2v) is 7.86. The van der Waals surface area contributed by atoms with Crippen molar-refractivity contribution in [1.82, 2.24) is 10.1 Å². The Morgan fingerprint density at radius 2 is 1.69 bits per heavy atom. The van der Waals surface area contributed by atoms with E-state index in [9.17, 15) is 4.79 Å². The summed E-state index contributed by atoms with van der Waals surface area (Å²) in [5.74, 6) is 0.782. The summed E-state index contributed by atoms with van der Waals surface area (Å²) < 4.78 is 11.8. The summed E-state index contributed by atoms with van der Waals surface area (Å²) in [5.41, 5.74) is 3.09. The minimum Gasteiger partial charge on any atom is -0.366 e. The molecule has 0 saturated carbocycles. The van der Waals surface area contributed by atoms with E-state index in [2.05, 4.69) is 31.1 Å². The van der Waals surface area contributed by atoms with Crippen LogP contribution in [0, 0.1) is 12.8 Å². The third-order valence-electron chi connectivity index (χ3n) is 5.45. The summed E-state index contributed by atoms with van der Waals surface area (Å²) in [6.45, 7) is 7.10. The summed E-state index contributed by atoms with van der Waals surface area (Å²) in [4.78, 5) is 15.5. The van der Waals surface area contributed by atoms with Gasteiger partial charge in [-0.1, -0.05) is 79.7 Å². The molecule has 0 N–H and O–H groups in total. The normalized spacial score (nSPS) is 19.5. The number of hydrogen-bond donors (Lipinski definition) is 0. The van der Waals surface area contributed by atoms with Crippen LogP contribution in [0.2, 0.25) is 0 Å². The summed E-state index contributed by atoms with van der Waals surface area (Å²) >= 11 is 0. The van der Waals surface area contributed by atoms with Crippen LogP contribution < -0.4 is 0 Å². The van der Waals surface area contributed by atoms with E-state index in [0.717, 1.165) is 11.1 Å². The zero-order valence-electron chi connectivity index (χ0n) is 17.0. The number of aryl methyl sites for hydroxylation is 1. The molecule has 0 unspecified atom stereocenters. The lowest BCUT2D eigenvalue weighted by Crippen LogP contribution is -2.48. The number of nitrogens with zero attached hydrogens (tertiary/aromatic N) is 2. The Hall–Kier alpha value is -2.92. The van der Waals surface area contributed by atoms with Crippen LogP contribution in [0.15, 0.2) is 65.2 Å². The minimum absolute atomic E-state index is 0.0294. The molecule has 1 aliphatic rings. The lowest BCUT2D eigenvalue weighted by molar-refractivity contribution is -0.0954. The second kappa shape index (κ2) is 8.21. The Bertz CT molecular complexity index is 966. The molecule has 3 aromatic rings. The molecule has 1 aromatic heterocycles. The van der Waals surface area contributed by atoms with Gasteiger partial charge in [-0.2, -0.15) is 0 Å². The number of ether oxygens (including phenoxy) is 1. The van der Waals surface area contributed by atoms with Crippen molar-refractivity contribution in [3.8, 4) is 11.3 Å². The lowest BCUT2D eigenvalue weighted by atomic mass is 9.99. The summed E-state index contributed by atoms with van der Waals surface area (Å²) in [5, 5.41) is 4.18. The number of hydrogen-bond acceptors (Lipinski definition) is 4. The van der Waals surface area contributed by atoms with Crippen molar-refractivity contribution < 1.29 is 14.1 Å². The van der Waals surface area contributed by atoms with Crippen molar-refractivity contribution in [2.24, 2.45) is 5.92 Å². The van der Waals surface area contributed by atoms with Gasteiger partial charge in [0.1, 0.15) is 23.1 Å². The van der Waals surface area contributed by atoms with Crippen LogP contribution in [0.4, 0.5) is 0 Å².